The first kappa shape index (κ1) is 19.4. The van der Waals surface area contributed by atoms with E-state index in [4.69, 9.17) is 5.26 Å². The number of hydrogen-bond acceptors (Lipinski definition) is 7. The molecule has 0 unspecified atom stereocenters. The standard InChI is InChI=1S/C18H15N7O4/c1-11(26)15-9-16(22-21-15)18(27)20-5-7-24-6-4-14(23-24)12-2-3-13(10-19)17(8-12)25(28)29/h2-4,6,8-9H,5,7H2,1H3,(H,20,27)(H,21,22). The van der Waals surface area contributed by atoms with Crippen LogP contribution in [0.15, 0.2) is 36.5 Å². The minimum Gasteiger partial charge on any atom is -0.349 e. The molecule has 11 heteroatoms. The van der Waals surface area contributed by atoms with Gasteiger partial charge in [-0.05, 0) is 18.2 Å². The molecular weight excluding hydrogens is 378 g/mol. The Kier molecular flexibility index (Phi) is 5.45. The number of aromatic nitrogens is 4. The van der Waals surface area contributed by atoms with Gasteiger partial charge in [0.15, 0.2) is 5.78 Å². The predicted molar refractivity (Wildman–Crippen MR) is 100.0 cm³/mol. The summed E-state index contributed by atoms with van der Waals surface area (Å²) in [5.41, 5.74) is 1.07. The Morgan fingerprint density at radius 1 is 1.34 bits per heavy atom. The Balaban J connectivity index is 1.63. The van der Waals surface area contributed by atoms with Crippen molar-refractivity contribution in [1.29, 1.82) is 5.26 Å². The Morgan fingerprint density at radius 3 is 2.79 bits per heavy atom. The smallest absolute Gasteiger partial charge is 0.287 e. The molecule has 0 aliphatic heterocycles. The highest BCUT2D eigenvalue weighted by molar-refractivity contribution is 5.97. The van der Waals surface area contributed by atoms with Gasteiger partial charge in [-0.25, -0.2) is 0 Å². The van der Waals surface area contributed by atoms with Crippen molar-refractivity contribution < 1.29 is 14.5 Å². The average Bonchev–Trinajstić information content (AvgIpc) is 3.37. The molecule has 0 saturated heterocycles. The fourth-order valence-electron chi connectivity index (χ4n) is 2.57. The van der Waals surface area contributed by atoms with Gasteiger partial charge in [0, 0.05) is 31.3 Å². The number of benzene rings is 1. The second-order valence-electron chi connectivity index (χ2n) is 6.04. The van der Waals surface area contributed by atoms with Crippen LogP contribution in [-0.4, -0.2) is 43.1 Å². The Hall–Kier alpha value is -4.33. The van der Waals surface area contributed by atoms with Crippen molar-refractivity contribution in [2.24, 2.45) is 0 Å². The molecular formula is C18H15N7O4. The van der Waals surface area contributed by atoms with Gasteiger partial charge >= 0.3 is 0 Å². The molecule has 29 heavy (non-hydrogen) atoms. The molecule has 3 aromatic rings. The quantitative estimate of drug-likeness (QED) is 0.351. The number of nitriles is 1. The highest BCUT2D eigenvalue weighted by atomic mass is 16.6. The van der Waals surface area contributed by atoms with E-state index in [0.717, 1.165) is 0 Å². The van der Waals surface area contributed by atoms with E-state index in [1.54, 1.807) is 29.1 Å². The lowest BCUT2D eigenvalue weighted by atomic mass is 10.1. The van der Waals surface area contributed by atoms with E-state index >= 15 is 0 Å². The summed E-state index contributed by atoms with van der Waals surface area (Å²) in [6.07, 6.45) is 1.68. The number of carbonyl (C=O) groups is 2. The van der Waals surface area contributed by atoms with E-state index in [1.807, 2.05) is 0 Å². The summed E-state index contributed by atoms with van der Waals surface area (Å²) < 4.78 is 1.58. The maximum atomic E-state index is 12.0. The van der Waals surface area contributed by atoms with Crippen molar-refractivity contribution in [1.82, 2.24) is 25.3 Å². The fourth-order valence-corrected chi connectivity index (χ4v) is 2.57. The van der Waals surface area contributed by atoms with Crippen LogP contribution >= 0.6 is 0 Å². The minimum absolute atomic E-state index is 0.0207. The maximum absolute atomic E-state index is 12.0. The molecule has 0 radical (unpaired) electrons. The number of ketones is 1. The summed E-state index contributed by atoms with van der Waals surface area (Å²) in [4.78, 5) is 33.7. The second-order valence-corrected chi connectivity index (χ2v) is 6.04. The van der Waals surface area contributed by atoms with Gasteiger partial charge < -0.3 is 5.32 Å². The van der Waals surface area contributed by atoms with E-state index in [0.29, 0.717) is 17.8 Å². The van der Waals surface area contributed by atoms with E-state index in [-0.39, 0.29) is 35.0 Å². The van der Waals surface area contributed by atoms with E-state index in [9.17, 15) is 19.7 Å². The number of hydrogen-bond donors (Lipinski definition) is 2. The lowest BCUT2D eigenvalue weighted by molar-refractivity contribution is -0.385. The van der Waals surface area contributed by atoms with Crippen molar-refractivity contribution in [3.05, 3.63) is 63.6 Å². The molecule has 0 aliphatic carbocycles. The molecule has 2 heterocycles. The highest BCUT2D eigenvalue weighted by Crippen LogP contribution is 2.25. The van der Waals surface area contributed by atoms with Crippen molar-refractivity contribution in [3.8, 4) is 17.3 Å². The van der Waals surface area contributed by atoms with E-state index in [2.05, 4.69) is 20.6 Å². The minimum atomic E-state index is -0.610. The van der Waals surface area contributed by atoms with Gasteiger partial charge in [-0.3, -0.25) is 29.5 Å². The van der Waals surface area contributed by atoms with Crippen LogP contribution in [0.5, 0.6) is 0 Å². The molecule has 0 bridgehead atoms. The summed E-state index contributed by atoms with van der Waals surface area (Å²) in [5, 5.41) is 33.3. The lowest BCUT2D eigenvalue weighted by Gasteiger charge is -2.04. The molecule has 0 aliphatic rings. The average molecular weight is 393 g/mol. The summed E-state index contributed by atoms with van der Waals surface area (Å²) >= 11 is 0. The number of nitro benzene ring substituents is 1. The highest BCUT2D eigenvalue weighted by Gasteiger charge is 2.16. The van der Waals surface area contributed by atoms with Gasteiger partial charge in [0.05, 0.1) is 17.2 Å². The number of carbonyl (C=O) groups excluding carboxylic acids is 2. The zero-order valence-corrected chi connectivity index (χ0v) is 15.2. The van der Waals surface area contributed by atoms with Gasteiger partial charge in [-0.1, -0.05) is 6.07 Å². The fraction of sp³-hybridized carbons (Fsp3) is 0.167. The molecule has 2 aromatic heterocycles. The van der Waals surface area contributed by atoms with Crippen molar-refractivity contribution in [3.63, 3.8) is 0 Å². The Morgan fingerprint density at radius 2 is 2.14 bits per heavy atom. The van der Waals surface area contributed by atoms with Gasteiger partial charge in [0.1, 0.15) is 23.0 Å². The maximum Gasteiger partial charge on any atom is 0.287 e. The summed E-state index contributed by atoms with van der Waals surface area (Å²) in [6, 6.07) is 9.12. The first-order chi connectivity index (χ1) is 13.9. The number of Topliss-reactive ketones (excluding diaryl/α,β-unsaturated/α-hetero) is 1. The van der Waals surface area contributed by atoms with Gasteiger partial charge in [0.25, 0.3) is 11.6 Å². The predicted octanol–water partition coefficient (Wildman–Crippen LogP) is 1.69. The summed E-state index contributed by atoms with van der Waals surface area (Å²) in [7, 11) is 0. The van der Waals surface area contributed by atoms with Crippen LogP contribution in [-0.2, 0) is 6.54 Å². The number of aromatic amines is 1. The SMILES string of the molecule is CC(=O)c1cc(C(=O)NCCn2ccc(-c3ccc(C#N)c([N+](=O)[O-])c3)n2)[nH]n1. The Bertz CT molecular complexity index is 1140. The third-order valence-electron chi connectivity index (χ3n) is 4.06. The van der Waals surface area contributed by atoms with Crippen LogP contribution in [0.2, 0.25) is 0 Å². The first-order valence-electron chi connectivity index (χ1n) is 8.46. The first-order valence-corrected chi connectivity index (χ1v) is 8.46. The van der Waals surface area contributed by atoms with Crippen molar-refractivity contribution in [2.75, 3.05) is 6.54 Å². The molecule has 0 atom stereocenters. The summed E-state index contributed by atoms with van der Waals surface area (Å²) in [6.45, 7) is 1.98. The van der Waals surface area contributed by atoms with Crippen LogP contribution < -0.4 is 5.32 Å². The molecule has 146 valence electrons. The lowest BCUT2D eigenvalue weighted by Crippen LogP contribution is -2.27. The van der Waals surface area contributed by atoms with Crippen LogP contribution in [0.1, 0.15) is 33.5 Å². The zero-order chi connectivity index (χ0) is 21.0. The molecule has 11 nitrogen and oxygen atoms in total. The van der Waals surface area contributed by atoms with E-state index < -0.39 is 10.8 Å². The van der Waals surface area contributed by atoms with E-state index in [1.165, 1.54) is 25.1 Å². The van der Waals surface area contributed by atoms with Crippen LogP contribution in [0.25, 0.3) is 11.3 Å². The molecule has 1 aromatic carbocycles. The second kappa shape index (κ2) is 8.13. The zero-order valence-electron chi connectivity index (χ0n) is 15.2. The number of nitro groups is 1. The van der Waals surface area contributed by atoms with Gasteiger partial charge in [-0.2, -0.15) is 15.5 Å². The van der Waals surface area contributed by atoms with Crippen LogP contribution in [0.4, 0.5) is 5.69 Å². The normalized spacial score (nSPS) is 10.3. The largest absolute Gasteiger partial charge is 0.349 e. The topological polar surface area (TPSA) is 160 Å². The number of H-pyrrole nitrogens is 1. The third-order valence-corrected chi connectivity index (χ3v) is 4.06. The van der Waals surface area contributed by atoms with Crippen LogP contribution in [0, 0.1) is 21.4 Å². The molecule has 2 N–H and O–H groups in total. The monoisotopic (exact) mass is 393 g/mol. The molecule has 1 amide bonds. The molecule has 0 saturated carbocycles. The number of nitrogens with one attached hydrogen (secondary N) is 2. The number of rotatable bonds is 7. The van der Waals surface area contributed by atoms with Gasteiger partial charge in [-0.15, -0.1) is 0 Å². The summed E-state index contributed by atoms with van der Waals surface area (Å²) in [5.74, 6) is -0.646. The number of amides is 1. The van der Waals surface area contributed by atoms with Crippen molar-refractivity contribution >= 4 is 17.4 Å². The molecule has 0 fully saturated rings. The molecule has 3 rings (SSSR count). The van der Waals surface area contributed by atoms with Crippen LogP contribution in [0.3, 0.4) is 0 Å². The molecule has 0 spiro atoms. The number of nitrogens with zero attached hydrogens (tertiary/aromatic N) is 5. The third kappa shape index (κ3) is 4.33. The van der Waals surface area contributed by atoms with Crippen molar-refractivity contribution in [2.45, 2.75) is 13.5 Å². The Labute approximate surface area is 164 Å². The van der Waals surface area contributed by atoms with Gasteiger partial charge in [0.2, 0.25) is 0 Å².